The van der Waals surface area contributed by atoms with Gasteiger partial charge in [-0.2, -0.15) is 0 Å². The van der Waals surface area contributed by atoms with E-state index in [9.17, 15) is 14.4 Å². The van der Waals surface area contributed by atoms with Gasteiger partial charge >= 0.3 is 0 Å². The summed E-state index contributed by atoms with van der Waals surface area (Å²) >= 11 is 0. The molecule has 2 aromatic carbocycles. The van der Waals surface area contributed by atoms with Crippen LogP contribution in [0.25, 0.3) is 11.1 Å². The Balaban J connectivity index is 1.76. The van der Waals surface area contributed by atoms with Crippen molar-refractivity contribution in [3.05, 3.63) is 42.0 Å². The minimum Gasteiger partial charge on any atom is -0.493 e. The highest BCUT2D eigenvalue weighted by Crippen LogP contribution is 2.41. The molecule has 1 N–H and O–H groups in total. The Hall–Kier alpha value is -3.75. The molecular formula is C27H35N3O6. The van der Waals surface area contributed by atoms with Crippen molar-refractivity contribution in [3.63, 3.8) is 0 Å². The van der Waals surface area contributed by atoms with Crippen LogP contribution >= 0.6 is 0 Å². The SMILES string of the molecule is COc1cc(-c2ccc(C[C@H]3C(=O)N(CC(=O)NCC(C)C)CC(=O)N3C)cc2)cc(OC)c1OC. The number of benzene rings is 2. The number of methoxy groups -OCH3 is 3. The summed E-state index contributed by atoms with van der Waals surface area (Å²) in [6.07, 6.45) is 0.348. The minimum absolute atomic E-state index is 0.0962. The highest BCUT2D eigenvalue weighted by Gasteiger charge is 2.37. The van der Waals surface area contributed by atoms with Crippen molar-refractivity contribution in [2.45, 2.75) is 26.3 Å². The molecule has 3 amide bonds. The standard InChI is InChI=1S/C27H35N3O6/c1-17(2)14-28-24(31)15-30-16-25(32)29(3)21(27(30)33)11-18-7-9-19(10-8-18)20-12-22(34-4)26(36-6)23(13-20)35-5/h7-10,12-13,17,21H,11,14-16H2,1-6H3,(H,28,31)/t21-/m0/s1. The molecule has 1 heterocycles. The molecule has 1 saturated heterocycles. The fourth-order valence-electron chi connectivity index (χ4n) is 4.11. The monoisotopic (exact) mass is 497 g/mol. The maximum Gasteiger partial charge on any atom is 0.246 e. The molecule has 1 atom stereocenters. The summed E-state index contributed by atoms with van der Waals surface area (Å²) in [4.78, 5) is 40.8. The van der Waals surface area contributed by atoms with Gasteiger partial charge in [0.2, 0.25) is 23.5 Å². The number of rotatable bonds is 10. The van der Waals surface area contributed by atoms with Gasteiger partial charge in [-0.05, 0) is 34.7 Å². The molecule has 1 fully saturated rings. The highest BCUT2D eigenvalue weighted by atomic mass is 16.5. The average molecular weight is 498 g/mol. The normalized spacial score (nSPS) is 15.8. The molecule has 0 bridgehead atoms. The molecule has 194 valence electrons. The Morgan fingerprint density at radius 2 is 1.61 bits per heavy atom. The lowest BCUT2D eigenvalue weighted by atomic mass is 9.98. The van der Waals surface area contributed by atoms with Gasteiger partial charge in [0.15, 0.2) is 11.5 Å². The van der Waals surface area contributed by atoms with Crippen molar-refractivity contribution in [2.75, 3.05) is 48.0 Å². The van der Waals surface area contributed by atoms with Crippen molar-refractivity contribution in [2.24, 2.45) is 5.92 Å². The Bertz CT molecular complexity index is 1070. The molecule has 0 aromatic heterocycles. The molecule has 0 unspecified atom stereocenters. The molecule has 1 aliphatic heterocycles. The maximum absolute atomic E-state index is 13.2. The second-order valence-electron chi connectivity index (χ2n) is 9.23. The van der Waals surface area contributed by atoms with E-state index in [1.807, 2.05) is 50.2 Å². The Labute approximate surface area is 212 Å². The number of carbonyl (C=O) groups excluding carboxylic acids is 3. The fraction of sp³-hybridized carbons (Fsp3) is 0.444. The maximum atomic E-state index is 13.2. The lowest BCUT2D eigenvalue weighted by Crippen LogP contribution is -2.60. The Morgan fingerprint density at radius 1 is 1.00 bits per heavy atom. The summed E-state index contributed by atoms with van der Waals surface area (Å²) < 4.78 is 16.3. The third kappa shape index (κ3) is 6.08. The van der Waals surface area contributed by atoms with Gasteiger partial charge in [0.05, 0.1) is 21.3 Å². The van der Waals surface area contributed by atoms with Gasteiger partial charge in [0.25, 0.3) is 0 Å². The highest BCUT2D eigenvalue weighted by molar-refractivity contribution is 5.97. The van der Waals surface area contributed by atoms with Crippen molar-refractivity contribution in [3.8, 4) is 28.4 Å². The van der Waals surface area contributed by atoms with Crippen LogP contribution in [0.3, 0.4) is 0 Å². The van der Waals surface area contributed by atoms with E-state index in [2.05, 4.69) is 5.32 Å². The van der Waals surface area contributed by atoms with Crippen LogP contribution < -0.4 is 19.5 Å². The van der Waals surface area contributed by atoms with E-state index in [1.165, 1.54) is 9.80 Å². The quantitative estimate of drug-likeness (QED) is 0.541. The van der Waals surface area contributed by atoms with Crippen LogP contribution in [0, 0.1) is 5.92 Å². The second-order valence-corrected chi connectivity index (χ2v) is 9.23. The van der Waals surface area contributed by atoms with Crippen molar-refractivity contribution >= 4 is 17.7 Å². The molecule has 9 heteroatoms. The number of hydrogen-bond donors (Lipinski definition) is 1. The van der Waals surface area contributed by atoms with Crippen LogP contribution in [0.4, 0.5) is 0 Å². The van der Waals surface area contributed by atoms with Crippen LogP contribution in [0.15, 0.2) is 36.4 Å². The van der Waals surface area contributed by atoms with E-state index in [0.29, 0.717) is 36.1 Å². The van der Waals surface area contributed by atoms with Gasteiger partial charge in [-0.15, -0.1) is 0 Å². The number of hydrogen-bond acceptors (Lipinski definition) is 6. The molecule has 3 rings (SSSR count). The first kappa shape index (κ1) is 26.8. The molecule has 1 aliphatic rings. The first-order chi connectivity index (χ1) is 17.2. The lowest BCUT2D eigenvalue weighted by Gasteiger charge is -2.38. The summed E-state index contributed by atoms with van der Waals surface area (Å²) in [6.45, 7) is 4.29. The van der Waals surface area contributed by atoms with Crippen LogP contribution in [-0.2, 0) is 20.8 Å². The first-order valence-electron chi connectivity index (χ1n) is 11.9. The van der Waals surface area contributed by atoms with E-state index in [0.717, 1.165) is 16.7 Å². The number of nitrogens with one attached hydrogen (secondary N) is 1. The molecule has 0 radical (unpaired) electrons. The summed E-state index contributed by atoms with van der Waals surface area (Å²) in [7, 11) is 6.33. The van der Waals surface area contributed by atoms with E-state index >= 15 is 0 Å². The molecule has 36 heavy (non-hydrogen) atoms. The predicted octanol–water partition coefficient (Wildman–Crippen LogP) is 2.36. The van der Waals surface area contributed by atoms with Gasteiger partial charge < -0.3 is 29.3 Å². The summed E-state index contributed by atoms with van der Waals surface area (Å²) in [5.74, 6) is 1.25. The average Bonchev–Trinajstić information content (AvgIpc) is 2.87. The first-order valence-corrected chi connectivity index (χ1v) is 11.9. The number of piperazine rings is 1. The van der Waals surface area contributed by atoms with Crippen LogP contribution in [0.1, 0.15) is 19.4 Å². The largest absolute Gasteiger partial charge is 0.493 e. The molecular weight excluding hydrogens is 462 g/mol. The number of likely N-dealkylation sites (N-methyl/N-ethyl adjacent to an activating group) is 1. The van der Waals surface area contributed by atoms with Gasteiger partial charge in [-0.3, -0.25) is 14.4 Å². The number of amides is 3. The second kappa shape index (κ2) is 11.8. The molecule has 0 aliphatic carbocycles. The van der Waals surface area contributed by atoms with Gasteiger partial charge in [0.1, 0.15) is 19.1 Å². The number of nitrogens with zero attached hydrogens (tertiary/aromatic N) is 2. The van der Waals surface area contributed by atoms with Crippen molar-refractivity contribution < 1.29 is 28.6 Å². The van der Waals surface area contributed by atoms with E-state index in [4.69, 9.17) is 14.2 Å². The van der Waals surface area contributed by atoms with Crippen molar-refractivity contribution in [1.29, 1.82) is 0 Å². The minimum atomic E-state index is -0.670. The fourth-order valence-corrected chi connectivity index (χ4v) is 4.11. The van der Waals surface area contributed by atoms with Crippen LogP contribution in [0.5, 0.6) is 17.2 Å². The number of ether oxygens (including phenoxy) is 3. The Morgan fingerprint density at radius 3 is 2.14 bits per heavy atom. The van der Waals surface area contributed by atoms with Crippen LogP contribution in [-0.4, -0.2) is 81.6 Å². The smallest absolute Gasteiger partial charge is 0.246 e. The zero-order valence-electron chi connectivity index (χ0n) is 21.8. The third-order valence-electron chi connectivity index (χ3n) is 6.21. The topological polar surface area (TPSA) is 97.4 Å². The van der Waals surface area contributed by atoms with E-state index in [1.54, 1.807) is 28.4 Å². The summed E-state index contributed by atoms with van der Waals surface area (Å²) in [5, 5.41) is 2.80. The van der Waals surface area contributed by atoms with Gasteiger partial charge in [0, 0.05) is 20.0 Å². The van der Waals surface area contributed by atoms with E-state index in [-0.39, 0.29) is 30.8 Å². The summed E-state index contributed by atoms with van der Waals surface area (Å²) in [6, 6.07) is 10.8. The molecule has 0 saturated carbocycles. The van der Waals surface area contributed by atoms with Crippen LogP contribution in [0.2, 0.25) is 0 Å². The van der Waals surface area contributed by atoms with Gasteiger partial charge in [-0.25, -0.2) is 0 Å². The molecule has 9 nitrogen and oxygen atoms in total. The number of carbonyl (C=O) groups is 3. The lowest BCUT2D eigenvalue weighted by molar-refractivity contribution is -0.155. The molecule has 2 aromatic rings. The zero-order chi connectivity index (χ0) is 26.4. The predicted molar refractivity (Wildman–Crippen MR) is 136 cm³/mol. The van der Waals surface area contributed by atoms with Crippen molar-refractivity contribution in [1.82, 2.24) is 15.1 Å². The Kier molecular flexibility index (Phi) is 8.79. The van der Waals surface area contributed by atoms with E-state index < -0.39 is 6.04 Å². The molecule has 0 spiro atoms. The zero-order valence-corrected chi connectivity index (χ0v) is 21.8. The summed E-state index contributed by atoms with van der Waals surface area (Å²) in [5.41, 5.74) is 2.71. The van der Waals surface area contributed by atoms with Gasteiger partial charge in [-0.1, -0.05) is 38.1 Å². The third-order valence-corrected chi connectivity index (χ3v) is 6.21.